The highest BCUT2D eigenvalue weighted by Gasteiger charge is 2.38. The van der Waals surface area contributed by atoms with E-state index in [0.717, 1.165) is 17.8 Å². The van der Waals surface area contributed by atoms with Gasteiger partial charge in [0.2, 0.25) is 0 Å². The molecular formula is C15H26N2. The van der Waals surface area contributed by atoms with Crippen molar-refractivity contribution in [2.45, 2.75) is 70.3 Å². The van der Waals surface area contributed by atoms with Crippen LogP contribution in [-0.4, -0.2) is 23.3 Å². The van der Waals surface area contributed by atoms with E-state index in [0.29, 0.717) is 5.92 Å². The SMILES string of the molecule is N=C(C1CCCCC1)N1CCC2CCCCC21. The number of likely N-dealkylation sites (tertiary alicyclic amines) is 1. The van der Waals surface area contributed by atoms with E-state index in [-0.39, 0.29) is 0 Å². The van der Waals surface area contributed by atoms with E-state index >= 15 is 0 Å². The number of hydrogen-bond acceptors (Lipinski definition) is 1. The summed E-state index contributed by atoms with van der Waals surface area (Å²) >= 11 is 0. The molecule has 0 aromatic carbocycles. The molecule has 0 radical (unpaired) electrons. The van der Waals surface area contributed by atoms with Gasteiger partial charge in [-0.25, -0.2) is 0 Å². The maximum absolute atomic E-state index is 8.53. The third kappa shape index (κ3) is 2.23. The zero-order chi connectivity index (χ0) is 11.7. The second kappa shape index (κ2) is 4.99. The van der Waals surface area contributed by atoms with E-state index in [9.17, 15) is 0 Å². The largest absolute Gasteiger partial charge is 0.357 e. The van der Waals surface area contributed by atoms with Crippen molar-refractivity contribution in [3.63, 3.8) is 0 Å². The van der Waals surface area contributed by atoms with Crippen molar-refractivity contribution in [3.8, 4) is 0 Å². The molecule has 2 atom stereocenters. The van der Waals surface area contributed by atoms with E-state index in [4.69, 9.17) is 5.41 Å². The monoisotopic (exact) mass is 234 g/mol. The summed E-state index contributed by atoms with van der Waals surface area (Å²) in [7, 11) is 0. The maximum atomic E-state index is 8.53. The van der Waals surface area contributed by atoms with Crippen molar-refractivity contribution < 1.29 is 0 Å². The highest BCUT2D eigenvalue weighted by atomic mass is 15.2. The predicted molar refractivity (Wildman–Crippen MR) is 71.4 cm³/mol. The smallest absolute Gasteiger partial charge is 0.0992 e. The number of hydrogen-bond donors (Lipinski definition) is 1. The van der Waals surface area contributed by atoms with Gasteiger partial charge in [-0.05, 0) is 38.0 Å². The molecule has 17 heavy (non-hydrogen) atoms. The Kier molecular flexibility index (Phi) is 3.39. The van der Waals surface area contributed by atoms with Gasteiger partial charge in [0.25, 0.3) is 0 Å². The standard InChI is InChI=1S/C15H26N2/c16-15(13-7-2-1-3-8-13)17-11-10-12-6-4-5-9-14(12)17/h12-14,16H,1-11H2. The molecule has 0 aromatic rings. The minimum absolute atomic E-state index is 0.601. The molecule has 96 valence electrons. The molecule has 1 N–H and O–H groups in total. The van der Waals surface area contributed by atoms with Gasteiger partial charge in [-0.2, -0.15) is 0 Å². The van der Waals surface area contributed by atoms with Gasteiger partial charge in [-0.15, -0.1) is 0 Å². The summed E-state index contributed by atoms with van der Waals surface area (Å²) in [6, 6.07) is 0.748. The van der Waals surface area contributed by atoms with Crippen LogP contribution < -0.4 is 0 Å². The van der Waals surface area contributed by atoms with E-state index in [2.05, 4.69) is 4.90 Å². The zero-order valence-electron chi connectivity index (χ0n) is 11.0. The lowest BCUT2D eigenvalue weighted by atomic mass is 9.84. The number of fused-ring (bicyclic) bond motifs is 1. The molecule has 0 amide bonds. The average Bonchev–Trinajstić information content (AvgIpc) is 2.83. The maximum Gasteiger partial charge on any atom is 0.0992 e. The van der Waals surface area contributed by atoms with Crippen molar-refractivity contribution in [1.29, 1.82) is 5.41 Å². The Balaban J connectivity index is 1.65. The van der Waals surface area contributed by atoms with Crippen LogP contribution in [0, 0.1) is 17.2 Å². The molecule has 2 nitrogen and oxygen atoms in total. The summed E-state index contributed by atoms with van der Waals surface area (Å²) in [5.41, 5.74) is 0. The van der Waals surface area contributed by atoms with Crippen LogP contribution in [0.1, 0.15) is 64.2 Å². The van der Waals surface area contributed by atoms with Crippen molar-refractivity contribution in [2.75, 3.05) is 6.54 Å². The van der Waals surface area contributed by atoms with Crippen LogP contribution in [0.25, 0.3) is 0 Å². The fourth-order valence-corrected chi connectivity index (χ4v) is 4.32. The molecule has 1 heterocycles. The minimum Gasteiger partial charge on any atom is -0.357 e. The second-order valence-electron chi connectivity index (χ2n) is 6.31. The summed E-state index contributed by atoms with van der Waals surface area (Å²) in [6.07, 6.45) is 13.7. The molecule has 1 saturated heterocycles. The van der Waals surface area contributed by atoms with Gasteiger partial charge in [-0.1, -0.05) is 32.1 Å². The van der Waals surface area contributed by atoms with Crippen molar-refractivity contribution in [2.24, 2.45) is 11.8 Å². The Hall–Kier alpha value is -0.530. The topological polar surface area (TPSA) is 27.1 Å². The Bertz CT molecular complexity index is 281. The lowest BCUT2D eigenvalue weighted by Crippen LogP contribution is -2.42. The molecule has 0 spiro atoms. The average molecular weight is 234 g/mol. The molecule has 1 aliphatic heterocycles. The first-order chi connectivity index (χ1) is 8.36. The normalized spacial score (nSPS) is 34.7. The van der Waals surface area contributed by atoms with E-state index in [1.165, 1.54) is 70.8 Å². The molecule has 3 aliphatic rings. The van der Waals surface area contributed by atoms with Crippen LogP contribution in [0.4, 0.5) is 0 Å². The molecule has 0 bridgehead atoms. The molecule has 2 saturated carbocycles. The number of rotatable bonds is 1. The van der Waals surface area contributed by atoms with Gasteiger partial charge < -0.3 is 4.90 Å². The molecule has 3 rings (SSSR count). The van der Waals surface area contributed by atoms with E-state index in [1.807, 2.05) is 0 Å². The Morgan fingerprint density at radius 2 is 1.53 bits per heavy atom. The van der Waals surface area contributed by atoms with Crippen LogP contribution >= 0.6 is 0 Å². The molecule has 2 unspecified atom stereocenters. The van der Waals surface area contributed by atoms with E-state index < -0.39 is 0 Å². The lowest BCUT2D eigenvalue weighted by molar-refractivity contribution is 0.240. The van der Waals surface area contributed by atoms with Gasteiger partial charge in [0.1, 0.15) is 0 Å². The number of nitrogens with one attached hydrogen (secondary N) is 1. The summed E-state index contributed by atoms with van der Waals surface area (Å²) in [5, 5.41) is 8.53. The first-order valence-electron chi connectivity index (χ1n) is 7.71. The van der Waals surface area contributed by atoms with Crippen LogP contribution in [0.2, 0.25) is 0 Å². The van der Waals surface area contributed by atoms with Crippen molar-refractivity contribution in [3.05, 3.63) is 0 Å². The first-order valence-corrected chi connectivity index (χ1v) is 7.71. The van der Waals surface area contributed by atoms with E-state index in [1.54, 1.807) is 0 Å². The van der Waals surface area contributed by atoms with Gasteiger partial charge in [-0.3, -0.25) is 5.41 Å². The summed E-state index contributed by atoms with van der Waals surface area (Å²) in [5.74, 6) is 2.54. The van der Waals surface area contributed by atoms with Gasteiger partial charge in [0.05, 0.1) is 5.84 Å². The Morgan fingerprint density at radius 1 is 0.824 bits per heavy atom. The highest BCUT2D eigenvalue weighted by molar-refractivity contribution is 5.82. The van der Waals surface area contributed by atoms with Crippen LogP contribution in [-0.2, 0) is 0 Å². The molecule has 2 aliphatic carbocycles. The van der Waals surface area contributed by atoms with Crippen molar-refractivity contribution in [1.82, 2.24) is 4.90 Å². The summed E-state index contributed by atoms with van der Waals surface area (Å²) < 4.78 is 0. The highest BCUT2D eigenvalue weighted by Crippen LogP contribution is 2.38. The molecule has 2 heteroatoms. The van der Waals surface area contributed by atoms with Gasteiger partial charge in [0.15, 0.2) is 0 Å². The zero-order valence-corrected chi connectivity index (χ0v) is 11.0. The predicted octanol–water partition coefficient (Wildman–Crippen LogP) is 3.81. The van der Waals surface area contributed by atoms with Gasteiger partial charge >= 0.3 is 0 Å². The fourth-order valence-electron chi connectivity index (χ4n) is 4.32. The quantitative estimate of drug-likeness (QED) is 0.542. The lowest BCUT2D eigenvalue weighted by Gasteiger charge is -2.36. The second-order valence-corrected chi connectivity index (χ2v) is 6.31. The van der Waals surface area contributed by atoms with Crippen LogP contribution in [0.5, 0.6) is 0 Å². The Labute approximate surface area is 105 Å². The Morgan fingerprint density at radius 3 is 2.35 bits per heavy atom. The third-order valence-corrected chi connectivity index (χ3v) is 5.31. The van der Waals surface area contributed by atoms with Crippen LogP contribution in [0.3, 0.4) is 0 Å². The third-order valence-electron chi connectivity index (χ3n) is 5.31. The number of nitrogens with zero attached hydrogens (tertiary/aromatic N) is 1. The first kappa shape index (κ1) is 11.6. The van der Waals surface area contributed by atoms with Gasteiger partial charge in [0, 0.05) is 18.5 Å². The summed E-state index contributed by atoms with van der Waals surface area (Å²) in [6.45, 7) is 1.19. The summed E-state index contributed by atoms with van der Waals surface area (Å²) in [4.78, 5) is 2.50. The van der Waals surface area contributed by atoms with Crippen LogP contribution in [0.15, 0.2) is 0 Å². The molecule has 3 fully saturated rings. The van der Waals surface area contributed by atoms with Crippen molar-refractivity contribution >= 4 is 5.84 Å². The molecular weight excluding hydrogens is 208 g/mol. The minimum atomic E-state index is 0.601. The fraction of sp³-hybridized carbons (Fsp3) is 0.933. The number of amidine groups is 1. The molecule has 0 aromatic heterocycles.